The second-order valence-corrected chi connectivity index (χ2v) is 7.70. The molecule has 7 heteroatoms. The number of Topliss-reactive ketones (excluding diaryl/α,β-unsaturated/α-hetero) is 1. The molecule has 0 radical (unpaired) electrons. The van der Waals surface area contributed by atoms with E-state index in [2.05, 4.69) is 5.48 Å². The quantitative estimate of drug-likeness (QED) is 0.339. The van der Waals surface area contributed by atoms with Gasteiger partial charge in [-0.3, -0.25) is 9.59 Å². The van der Waals surface area contributed by atoms with Crippen LogP contribution in [0.2, 0.25) is 0 Å². The van der Waals surface area contributed by atoms with Crippen LogP contribution in [0.3, 0.4) is 0 Å². The summed E-state index contributed by atoms with van der Waals surface area (Å²) in [4.78, 5) is 24.7. The molecular weight excluding hydrogens is 314 g/mol. The molecule has 1 saturated carbocycles. The molecule has 2 aliphatic heterocycles. The first-order chi connectivity index (χ1) is 11.3. The monoisotopic (exact) mass is 337 g/mol. The maximum absolute atomic E-state index is 13.2. The van der Waals surface area contributed by atoms with Crippen molar-refractivity contribution in [2.24, 2.45) is 10.8 Å². The second kappa shape index (κ2) is 4.88. The molecule has 1 spiro atoms. The van der Waals surface area contributed by atoms with Gasteiger partial charge in [-0.1, -0.05) is 11.6 Å². The summed E-state index contributed by atoms with van der Waals surface area (Å²) < 4.78 is 17.4. The maximum Gasteiger partial charge on any atom is 0.302 e. The first-order valence-corrected chi connectivity index (χ1v) is 8.36. The van der Waals surface area contributed by atoms with Crippen molar-refractivity contribution in [1.29, 1.82) is 0 Å². The van der Waals surface area contributed by atoms with Gasteiger partial charge >= 0.3 is 5.97 Å². The van der Waals surface area contributed by atoms with Crippen molar-refractivity contribution in [1.82, 2.24) is 5.48 Å². The summed E-state index contributed by atoms with van der Waals surface area (Å²) in [5, 5.41) is 9.54. The molecule has 4 rings (SSSR count). The summed E-state index contributed by atoms with van der Waals surface area (Å²) in [6.45, 7) is 5.80. The fraction of sp³-hybridized carbons (Fsp3) is 0.765. The minimum atomic E-state index is -0.888. The number of ether oxygens (including phenoxy) is 3. The molecule has 24 heavy (non-hydrogen) atoms. The van der Waals surface area contributed by atoms with E-state index in [1.807, 2.05) is 19.9 Å². The fourth-order valence-corrected chi connectivity index (χ4v) is 5.18. The number of ketones is 1. The van der Waals surface area contributed by atoms with Gasteiger partial charge in [0, 0.05) is 6.92 Å². The van der Waals surface area contributed by atoms with Gasteiger partial charge in [0.25, 0.3) is 0 Å². The third-order valence-corrected chi connectivity index (χ3v) is 6.75. The molecule has 1 unspecified atom stereocenters. The molecule has 132 valence electrons. The van der Waals surface area contributed by atoms with Crippen LogP contribution in [-0.4, -0.2) is 54.0 Å². The number of allylic oxidation sites excluding steroid dienone is 1. The minimum Gasteiger partial charge on any atom is -0.465 e. The fourth-order valence-electron chi connectivity index (χ4n) is 5.18. The van der Waals surface area contributed by atoms with Crippen molar-refractivity contribution < 1.29 is 29.0 Å². The van der Waals surface area contributed by atoms with E-state index < -0.39 is 28.6 Å². The van der Waals surface area contributed by atoms with Crippen molar-refractivity contribution >= 4 is 11.8 Å². The number of carbonyl (C=O) groups is 2. The van der Waals surface area contributed by atoms with Crippen LogP contribution in [0.4, 0.5) is 0 Å². The average molecular weight is 337 g/mol. The van der Waals surface area contributed by atoms with Gasteiger partial charge < -0.3 is 19.4 Å². The summed E-state index contributed by atoms with van der Waals surface area (Å²) in [7, 11) is 0. The zero-order chi connectivity index (χ0) is 17.3. The highest BCUT2D eigenvalue weighted by Gasteiger charge is 2.85. The Bertz CT molecular complexity index is 641. The van der Waals surface area contributed by atoms with Crippen molar-refractivity contribution in [3.63, 3.8) is 0 Å². The van der Waals surface area contributed by atoms with Gasteiger partial charge in [-0.05, 0) is 26.7 Å². The van der Waals surface area contributed by atoms with Crippen molar-refractivity contribution in [2.75, 3.05) is 13.2 Å². The van der Waals surface area contributed by atoms with E-state index in [1.54, 1.807) is 0 Å². The molecular formula is C17H23NO6. The second-order valence-electron chi connectivity index (χ2n) is 7.70. The Labute approximate surface area is 140 Å². The highest BCUT2D eigenvalue weighted by Crippen LogP contribution is 2.69. The van der Waals surface area contributed by atoms with Gasteiger partial charge in [0.1, 0.15) is 24.4 Å². The number of rotatable bonds is 3. The Morgan fingerprint density at radius 2 is 2.25 bits per heavy atom. The number of carbonyl (C=O) groups excluding carboxylic acids is 2. The smallest absolute Gasteiger partial charge is 0.302 e. The molecule has 0 aromatic carbocycles. The summed E-state index contributed by atoms with van der Waals surface area (Å²) in [6.07, 6.45) is 2.61. The minimum absolute atomic E-state index is 0.106. The molecule has 6 atom stereocenters. The molecule has 2 aliphatic carbocycles. The first-order valence-electron chi connectivity index (χ1n) is 8.36. The van der Waals surface area contributed by atoms with Crippen LogP contribution in [-0.2, 0) is 23.8 Å². The lowest BCUT2D eigenvalue weighted by Crippen LogP contribution is -2.66. The van der Waals surface area contributed by atoms with Crippen molar-refractivity contribution in [2.45, 2.75) is 57.5 Å². The van der Waals surface area contributed by atoms with Gasteiger partial charge in [-0.25, -0.2) is 0 Å². The number of hydroxylamine groups is 1. The summed E-state index contributed by atoms with van der Waals surface area (Å²) in [5.74, 6) is -0.511. The average Bonchev–Trinajstić information content (AvgIpc) is 3.31. The van der Waals surface area contributed by atoms with E-state index in [4.69, 9.17) is 14.2 Å². The molecule has 0 amide bonds. The Kier molecular flexibility index (Phi) is 3.29. The zero-order valence-electron chi connectivity index (χ0n) is 14.1. The van der Waals surface area contributed by atoms with Gasteiger partial charge in [0.2, 0.25) is 0 Å². The van der Waals surface area contributed by atoms with E-state index in [-0.39, 0.29) is 24.5 Å². The molecule has 2 bridgehead atoms. The van der Waals surface area contributed by atoms with E-state index >= 15 is 0 Å². The first kappa shape index (κ1) is 16.2. The third-order valence-electron chi connectivity index (χ3n) is 6.75. The summed E-state index contributed by atoms with van der Waals surface area (Å²) in [6, 6.07) is -0.828. The zero-order valence-corrected chi connectivity index (χ0v) is 14.1. The topological polar surface area (TPSA) is 97.4 Å². The van der Waals surface area contributed by atoms with Gasteiger partial charge in [0.05, 0.1) is 23.5 Å². The molecule has 2 saturated heterocycles. The molecule has 7 nitrogen and oxygen atoms in total. The largest absolute Gasteiger partial charge is 0.465 e. The number of epoxide rings is 1. The molecule has 0 aromatic rings. The van der Waals surface area contributed by atoms with Crippen LogP contribution in [0.5, 0.6) is 0 Å². The summed E-state index contributed by atoms with van der Waals surface area (Å²) in [5.41, 5.74) is 0.991. The highest BCUT2D eigenvalue weighted by molar-refractivity contribution is 5.97. The van der Waals surface area contributed by atoms with Gasteiger partial charge in [-0.15, -0.1) is 0 Å². The standard InChI is InChI=1S/C17H23NO6/c1-9-4-5-16(7-22-10(2)19)11(6-9)24-14-12(18-21)13(20)15(16,3)17(14)8-23-17/h6,11-12,14,18,21H,4-5,7-8H2,1-3H3/t11-,12?,14-,15-,16-,17+/m1/s1. The molecule has 2 N–H and O–H groups in total. The van der Waals surface area contributed by atoms with Gasteiger partial charge in [-0.2, -0.15) is 5.48 Å². The Balaban J connectivity index is 1.86. The van der Waals surface area contributed by atoms with E-state index in [0.717, 1.165) is 6.42 Å². The predicted octanol–water partition coefficient (Wildman–Crippen LogP) is 0.749. The van der Waals surface area contributed by atoms with Crippen LogP contribution < -0.4 is 5.48 Å². The maximum atomic E-state index is 13.2. The van der Waals surface area contributed by atoms with E-state index in [9.17, 15) is 14.8 Å². The molecule has 0 aromatic heterocycles. The number of hydrogen-bond acceptors (Lipinski definition) is 7. The summed E-state index contributed by atoms with van der Waals surface area (Å²) >= 11 is 0. The Morgan fingerprint density at radius 3 is 2.83 bits per heavy atom. The van der Waals surface area contributed by atoms with Gasteiger partial charge in [0.15, 0.2) is 5.78 Å². The lowest BCUT2D eigenvalue weighted by atomic mass is 9.51. The Hall–Kier alpha value is -1.28. The van der Waals surface area contributed by atoms with E-state index in [1.165, 1.54) is 12.5 Å². The number of fused-ring (bicyclic) bond motifs is 2. The molecule has 3 fully saturated rings. The van der Waals surface area contributed by atoms with Crippen molar-refractivity contribution in [3.05, 3.63) is 11.6 Å². The van der Waals surface area contributed by atoms with E-state index in [0.29, 0.717) is 13.0 Å². The van der Waals surface area contributed by atoms with Crippen molar-refractivity contribution in [3.8, 4) is 0 Å². The van der Waals surface area contributed by atoms with Crippen LogP contribution in [0.1, 0.15) is 33.6 Å². The van der Waals surface area contributed by atoms with Crippen LogP contribution in [0.25, 0.3) is 0 Å². The van der Waals surface area contributed by atoms with Crippen LogP contribution in [0, 0.1) is 10.8 Å². The normalized spacial score (nSPS) is 48.9. The Morgan fingerprint density at radius 1 is 1.54 bits per heavy atom. The lowest BCUT2D eigenvalue weighted by molar-refractivity contribution is -0.218. The predicted molar refractivity (Wildman–Crippen MR) is 81.2 cm³/mol. The van der Waals surface area contributed by atoms with Crippen LogP contribution in [0.15, 0.2) is 11.6 Å². The highest BCUT2D eigenvalue weighted by atomic mass is 16.6. The third kappa shape index (κ3) is 1.66. The SMILES string of the molecule is CC(=O)OC[C@]12CCC(C)=C[C@H]1O[C@@H]1C(NO)C(=O)[C@@]2(C)[C@]12CO2. The number of hydrogen-bond donors (Lipinski definition) is 2. The molecule has 4 aliphatic rings. The lowest BCUT2D eigenvalue weighted by Gasteiger charge is -2.56. The molecule has 2 heterocycles. The number of nitrogens with one attached hydrogen (secondary N) is 1. The number of esters is 1. The van der Waals surface area contributed by atoms with Crippen LogP contribution >= 0.6 is 0 Å².